The number of hydrogen-bond donors (Lipinski definition) is 3. The van der Waals surface area contributed by atoms with Crippen LogP contribution >= 0.6 is 23.2 Å². The third-order valence-electron chi connectivity index (χ3n) is 19.9. The molecule has 5 amide bonds. The molecule has 0 bridgehead atoms. The summed E-state index contributed by atoms with van der Waals surface area (Å²) in [5.41, 5.74) is 1.58. The zero-order valence-corrected chi connectivity index (χ0v) is 58.5. The zero-order valence-electron chi connectivity index (χ0n) is 57.0. The van der Waals surface area contributed by atoms with Crippen molar-refractivity contribution in [2.24, 2.45) is 0 Å². The molecule has 3 fully saturated rings. The van der Waals surface area contributed by atoms with Crippen LogP contribution in [0.2, 0.25) is 10.0 Å². The average Bonchev–Trinajstić information content (AvgIpc) is 1.62. The number of likely N-dealkylation sites (N-methyl/N-ethyl adjacent to an activating group) is 2. The third-order valence-corrected chi connectivity index (χ3v) is 20.6. The van der Waals surface area contributed by atoms with Crippen LogP contribution < -0.4 is 16.0 Å². The van der Waals surface area contributed by atoms with Crippen LogP contribution in [0.1, 0.15) is 114 Å². The second-order valence-corrected chi connectivity index (χ2v) is 27.5. The number of hydrogen-bond acceptors (Lipinski definition) is 12. The number of unbranched alkanes of at least 4 members (excludes halogenated alkanes) is 3. The Labute approximate surface area is 596 Å². The number of nitrogens with one attached hydrogen (secondary N) is 3. The van der Waals surface area contributed by atoms with E-state index in [4.69, 9.17) is 42.1 Å². The van der Waals surface area contributed by atoms with Crippen LogP contribution in [0.3, 0.4) is 0 Å². The summed E-state index contributed by atoms with van der Waals surface area (Å²) in [6.07, 6.45) is -3.76. The lowest BCUT2D eigenvalue weighted by Gasteiger charge is -2.46. The van der Waals surface area contributed by atoms with Crippen LogP contribution in [0.25, 0.3) is 11.1 Å². The summed E-state index contributed by atoms with van der Waals surface area (Å²) in [5, 5.41) is 9.62. The zero-order chi connectivity index (χ0) is 71.7. The lowest BCUT2D eigenvalue weighted by atomic mass is 9.72. The number of para-hydroxylation sites is 1. The maximum absolute atomic E-state index is 14.0. The first kappa shape index (κ1) is 75.9. The Morgan fingerprint density at radius 3 is 2.07 bits per heavy atom. The van der Waals surface area contributed by atoms with Crippen LogP contribution in [0.4, 0.5) is 47.3 Å². The summed E-state index contributed by atoms with van der Waals surface area (Å²) in [5.74, 6) is -1.06. The second kappa shape index (κ2) is 34.9. The third kappa shape index (κ3) is 20.5. The fourth-order valence-corrected chi connectivity index (χ4v) is 14.3. The number of ether oxygens (including phenoxy) is 4. The molecule has 17 nitrogen and oxygen atoms in total. The maximum atomic E-state index is 14.0. The molecule has 6 aromatic carbocycles. The predicted octanol–water partition coefficient (Wildman–Crippen LogP) is 14.7. The monoisotopic (exact) mass is 1440 g/mol. The fourth-order valence-electron chi connectivity index (χ4n) is 14.0. The van der Waals surface area contributed by atoms with Gasteiger partial charge in [0.25, 0.3) is 5.91 Å². The molecule has 0 aromatic heterocycles. The van der Waals surface area contributed by atoms with Crippen molar-refractivity contribution < 1.29 is 69.3 Å². The fraction of sp³-hybridized carbons (Fsp3) is 0.461. The predicted molar refractivity (Wildman–Crippen MR) is 376 cm³/mol. The van der Waals surface area contributed by atoms with Crippen LogP contribution in [0.5, 0.6) is 0 Å². The highest BCUT2D eigenvalue weighted by Gasteiger charge is 2.50. The summed E-state index contributed by atoms with van der Waals surface area (Å²) in [6, 6.07) is 39.0. The van der Waals surface area contributed by atoms with E-state index in [2.05, 4.69) is 37.9 Å². The number of carbonyl (C=O) groups is 5. The largest absolute Gasteiger partial charge is 0.449 e. The number of rotatable bonds is 28. The van der Waals surface area contributed by atoms with Gasteiger partial charge < -0.3 is 48.8 Å². The molecule has 1 spiro atoms. The minimum absolute atomic E-state index is 0.00586. The molecule has 10 rings (SSSR count). The summed E-state index contributed by atoms with van der Waals surface area (Å²) in [6.45, 7) is 6.22. The van der Waals surface area contributed by atoms with Crippen molar-refractivity contribution in [1.29, 1.82) is 0 Å². The molecule has 3 aliphatic heterocycles. The van der Waals surface area contributed by atoms with Crippen molar-refractivity contribution >= 4 is 64.5 Å². The van der Waals surface area contributed by atoms with E-state index in [1.807, 2.05) is 103 Å². The number of anilines is 2. The summed E-state index contributed by atoms with van der Waals surface area (Å²) < 4.78 is 108. The Hall–Kier alpha value is -7.77. The lowest BCUT2D eigenvalue weighted by Crippen LogP contribution is -2.54. The molecule has 542 valence electrons. The van der Waals surface area contributed by atoms with Crippen LogP contribution in [-0.4, -0.2) is 173 Å². The molecule has 3 heterocycles. The van der Waals surface area contributed by atoms with E-state index in [1.54, 1.807) is 30.1 Å². The number of likely N-dealkylation sites (tertiary alicyclic amines) is 2. The van der Waals surface area contributed by atoms with Gasteiger partial charge in [0.1, 0.15) is 18.3 Å². The maximum Gasteiger partial charge on any atom is 0.416 e. The number of amides is 5. The molecular formula is C76H88Cl2F6N8O9. The normalized spacial score (nSPS) is 18.0. The SMILES string of the molecule is CN(CCN1CCC(OC(=O)Nc2ccccc2-c2ccccc2)CC1)C(=O)CCCCCNCc1ccc(NC(=O)OCCCCN(C)C(=O)CO[C@H]2Cc3ccccc3C23CCN(CC[C@@]2(c4ccc(Cl)c(Cl)c4)CN(C(=O)c4cc(C(F)(F)F)cc(C(F)(F)F)c4)CCO2)CC3)cc1. The quantitative estimate of drug-likeness (QED) is 0.0314. The molecule has 3 saturated heterocycles. The van der Waals surface area contributed by atoms with E-state index in [9.17, 15) is 50.3 Å². The molecule has 25 heteroatoms. The number of halogens is 8. The van der Waals surface area contributed by atoms with Crippen molar-refractivity contribution in [3.05, 3.63) is 189 Å². The van der Waals surface area contributed by atoms with Crippen LogP contribution in [0, 0.1) is 0 Å². The first-order chi connectivity index (χ1) is 48.4. The number of piperidine rings is 2. The summed E-state index contributed by atoms with van der Waals surface area (Å²) in [7, 11) is 3.58. The molecule has 0 saturated carbocycles. The van der Waals surface area contributed by atoms with Crippen LogP contribution in [0.15, 0.2) is 140 Å². The van der Waals surface area contributed by atoms with Gasteiger partial charge >= 0.3 is 24.5 Å². The standard InChI is InChI=1S/C76H88Cl2F6N8O9/c1-88(34-13-14-43-98-71(96)86-60-25-22-53(23-26-60)50-85-33-12-4-7-21-68(93)89(2)40-41-90-35-28-61(29-36-90)101-72(97)87-66-20-11-9-18-62(66)54-15-5-3-6-16-54)69(94)51-99-67-47-55-17-8-10-19-63(55)73(67)30-37-91(38-31-73)39-32-74(57-24-27-64(77)65(78)49-57)52-92(42-44-100-74)70(95)56-45-58(75(79,80)81)48-59(46-56)76(82,83)84/h3,5-6,8-11,15-20,22-27,45-46,48-49,61,67,85H,4,7,12-14,21,28-44,47,50-52H2,1-2H3,(H,86,96)(H,87,97)/t67-,74-/m0/s1. The van der Waals surface area contributed by atoms with E-state index in [-0.39, 0.29) is 79.5 Å². The Morgan fingerprint density at radius 1 is 0.663 bits per heavy atom. The number of benzene rings is 6. The van der Waals surface area contributed by atoms with E-state index >= 15 is 0 Å². The van der Waals surface area contributed by atoms with Gasteiger partial charge in [-0.05, 0) is 160 Å². The topological polar surface area (TPSA) is 175 Å². The molecule has 0 unspecified atom stereocenters. The molecule has 6 aromatic rings. The van der Waals surface area contributed by atoms with Gasteiger partial charge in [0, 0.05) is 95.1 Å². The summed E-state index contributed by atoms with van der Waals surface area (Å²) in [4.78, 5) is 75.3. The van der Waals surface area contributed by atoms with Gasteiger partial charge in [0.2, 0.25) is 11.8 Å². The van der Waals surface area contributed by atoms with E-state index in [1.165, 1.54) is 10.5 Å². The van der Waals surface area contributed by atoms with Crippen molar-refractivity contribution in [2.45, 2.75) is 119 Å². The van der Waals surface area contributed by atoms with Crippen molar-refractivity contribution in [3.63, 3.8) is 0 Å². The van der Waals surface area contributed by atoms with Crippen molar-refractivity contribution in [2.75, 3.05) is 117 Å². The molecular weight excluding hydrogens is 1350 g/mol. The number of nitrogens with zero attached hydrogens (tertiary/aromatic N) is 5. The summed E-state index contributed by atoms with van der Waals surface area (Å²) >= 11 is 12.8. The smallest absolute Gasteiger partial charge is 0.416 e. The van der Waals surface area contributed by atoms with Gasteiger partial charge in [-0.25, -0.2) is 9.59 Å². The highest BCUT2D eigenvalue weighted by atomic mass is 35.5. The minimum atomic E-state index is -5.14. The lowest BCUT2D eigenvalue weighted by molar-refractivity contribution is -0.143. The minimum Gasteiger partial charge on any atom is -0.449 e. The Kier molecular flexibility index (Phi) is 26.2. The highest BCUT2D eigenvalue weighted by molar-refractivity contribution is 6.42. The number of carbonyl (C=O) groups excluding carboxylic acids is 5. The van der Waals surface area contributed by atoms with Gasteiger partial charge in [-0.3, -0.25) is 25.0 Å². The first-order valence-corrected chi connectivity index (χ1v) is 35.4. The number of alkyl halides is 6. The Morgan fingerprint density at radius 2 is 1.35 bits per heavy atom. The molecule has 101 heavy (non-hydrogen) atoms. The molecule has 2 atom stereocenters. The van der Waals surface area contributed by atoms with Crippen molar-refractivity contribution in [1.82, 2.24) is 29.8 Å². The van der Waals surface area contributed by atoms with E-state index < -0.39 is 58.2 Å². The number of morpholine rings is 1. The molecule has 3 N–H and O–H groups in total. The Bertz CT molecular complexity index is 3750. The van der Waals surface area contributed by atoms with E-state index in [0.717, 1.165) is 80.5 Å². The molecule has 4 aliphatic rings. The number of fused-ring (bicyclic) bond motifs is 2. The second-order valence-electron chi connectivity index (χ2n) is 26.7. The van der Waals surface area contributed by atoms with Gasteiger partial charge in [-0.15, -0.1) is 0 Å². The average molecular weight is 1440 g/mol. The van der Waals surface area contributed by atoms with Gasteiger partial charge in [0.05, 0.1) is 52.7 Å². The van der Waals surface area contributed by atoms with Crippen molar-refractivity contribution in [3.8, 4) is 11.1 Å². The molecule has 0 radical (unpaired) electrons. The van der Waals surface area contributed by atoms with Gasteiger partial charge in [0.15, 0.2) is 0 Å². The van der Waals surface area contributed by atoms with E-state index in [0.29, 0.717) is 107 Å². The van der Waals surface area contributed by atoms with Crippen LogP contribution in [-0.2, 0) is 64.9 Å². The first-order valence-electron chi connectivity index (χ1n) is 34.6. The van der Waals surface area contributed by atoms with Gasteiger partial charge in [-0.1, -0.05) is 121 Å². The molecule has 1 aliphatic carbocycles. The Balaban J connectivity index is 0.582. The highest BCUT2D eigenvalue weighted by Crippen LogP contribution is 2.49. The van der Waals surface area contributed by atoms with Gasteiger partial charge in [-0.2, -0.15) is 26.3 Å².